The van der Waals surface area contributed by atoms with Crippen LogP contribution in [-0.2, 0) is 5.41 Å². The molecule has 14 heavy (non-hydrogen) atoms. The van der Waals surface area contributed by atoms with Crippen LogP contribution in [0.5, 0.6) is 0 Å². The quantitative estimate of drug-likeness (QED) is 0.686. The van der Waals surface area contributed by atoms with Crippen molar-refractivity contribution in [3.63, 3.8) is 0 Å². The summed E-state index contributed by atoms with van der Waals surface area (Å²) in [6.45, 7) is 6.03. The van der Waals surface area contributed by atoms with Crippen LogP contribution in [0.15, 0.2) is 10.6 Å². The molecule has 4 nitrogen and oxygen atoms in total. The Morgan fingerprint density at radius 3 is 2.36 bits per heavy atom. The van der Waals surface area contributed by atoms with Crippen LogP contribution in [0.25, 0.3) is 0 Å². The topological polar surface area (TPSA) is 46.3 Å². The number of aromatic nitrogens is 1. The third kappa shape index (κ3) is 2.13. The molecule has 0 aliphatic heterocycles. The monoisotopic (exact) mass is 196 g/mol. The van der Waals surface area contributed by atoms with Crippen LogP contribution in [0.1, 0.15) is 37.0 Å². The fourth-order valence-electron chi connectivity index (χ4n) is 0.959. The van der Waals surface area contributed by atoms with E-state index in [9.17, 15) is 4.79 Å². The van der Waals surface area contributed by atoms with Crippen molar-refractivity contribution in [2.24, 2.45) is 0 Å². The minimum atomic E-state index is -0.135. The highest BCUT2D eigenvalue weighted by atomic mass is 16.5. The van der Waals surface area contributed by atoms with Crippen LogP contribution in [0.3, 0.4) is 0 Å². The molecule has 1 heterocycles. The van der Waals surface area contributed by atoms with E-state index in [1.165, 1.54) is 4.90 Å². The molecule has 0 atom stereocenters. The molecule has 1 aromatic heterocycles. The Labute approximate surface area is 83.9 Å². The molecule has 0 aliphatic rings. The largest absolute Gasteiger partial charge is 0.360 e. The predicted octanol–water partition coefficient (Wildman–Crippen LogP) is 1.67. The number of amides is 1. The fourth-order valence-corrected chi connectivity index (χ4v) is 0.959. The first-order valence-corrected chi connectivity index (χ1v) is 4.51. The zero-order chi connectivity index (χ0) is 10.9. The van der Waals surface area contributed by atoms with Crippen molar-refractivity contribution in [3.05, 3.63) is 17.5 Å². The zero-order valence-corrected chi connectivity index (χ0v) is 9.29. The van der Waals surface area contributed by atoms with E-state index in [1.54, 1.807) is 20.2 Å². The lowest BCUT2D eigenvalue weighted by Gasteiger charge is -2.12. The van der Waals surface area contributed by atoms with Gasteiger partial charge in [-0.05, 0) is 0 Å². The van der Waals surface area contributed by atoms with Gasteiger partial charge in [-0.25, -0.2) is 0 Å². The molecule has 4 heteroatoms. The van der Waals surface area contributed by atoms with Crippen LogP contribution < -0.4 is 0 Å². The van der Waals surface area contributed by atoms with E-state index in [0.717, 1.165) is 5.76 Å². The molecule has 0 aromatic carbocycles. The Balaban J connectivity index is 2.95. The van der Waals surface area contributed by atoms with Gasteiger partial charge in [0.05, 0.1) is 0 Å². The van der Waals surface area contributed by atoms with Gasteiger partial charge in [-0.15, -0.1) is 0 Å². The minimum absolute atomic E-state index is 0.113. The van der Waals surface area contributed by atoms with E-state index in [4.69, 9.17) is 4.52 Å². The molecule has 1 aromatic rings. The second-order valence-corrected chi connectivity index (χ2v) is 4.53. The number of carbonyl (C=O) groups is 1. The van der Waals surface area contributed by atoms with Crippen LogP contribution in [-0.4, -0.2) is 30.1 Å². The van der Waals surface area contributed by atoms with E-state index in [1.807, 2.05) is 20.8 Å². The van der Waals surface area contributed by atoms with Crippen molar-refractivity contribution in [1.82, 2.24) is 10.1 Å². The number of rotatable bonds is 1. The molecule has 0 radical (unpaired) electrons. The summed E-state index contributed by atoms with van der Waals surface area (Å²) >= 11 is 0. The SMILES string of the molecule is CN(C)C(=O)c1cc(C(C)(C)C)on1. The molecule has 1 rings (SSSR count). The average molecular weight is 196 g/mol. The summed E-state index contributed by atoms with van der Waals surface area (Å²) in [5.74, 6) is 0.590. The first-order chi connectivity index (χ1) is 6.32. The Morgan fingerprint density at radius 1 is 1.43 bits per heavy atom. The maximum Gasteiger partial charge on any atom is 0.275 e. The predicted molar refractivity (Wildman–Crippen MR) is 53.2 cm³/mol. The highest BCUT2D eigenvalue weighted by Gasteiger charge is 2.22. The number of nitrogens with zero attached hydrogens (tertiary/aromatic N) is 2. The van der Waals surface area contributed by atoms with Crippen molar-refractivity contribution in [2.45, 2.75) is 26.2 Å². The molecule has 0 aliphatic carbocycles. The average Bonchev–Trinajstić information content (AvgIpc) is 2.49. The Hall–Kier alpha value is -1.32. The van der Waals surface area contributed by atoms with Gasteiger partial charge in [0.25, 0.3) is 5.91 Å². The van der Waals surface area contributed by atoms with Gasteiger partial charge in [-0.2, -0.15) is 0 Å². The van der Waals surface area contributed by atoms with Crippen molar-refractivity contribution < 1.29 is 9.32 Å². The molecular formula is C10H16N2O2. The van der Waals surface area contributed by atoms with Gasteiger partial charge < -0.3 is 9.42 Å². The summed E-state index contributed by atoms with van der Waals surface area (Å²) < 4.78 is 5.10. The van der Waals surface area contributed by atoms with Crippen molar-refractivity contribution in [3.8, 4) is 0 Å². The highest BCUT2D eigenvalue weighted by Crippen LogP contribution is 2.22. The summed E-state index contributed by atoms with van der Waals surface area (Å²) in [5.41, 5.74) is 0.248. The summed E-state index contributed by atoms with van der Waals surface area (Å²) in [5, 5.41) is 3.74. The normalized spacial score (nSPS) is 11.5. The molecular weight excluding hydrogens is 180 g/mol. The Kier molecular flexibility index (Phi) is 2.64. The highest BCUT2D eigenvalue weighted by molar-refractivity contribution is 5.91. The van der Waals surface area contributed by atoms with Gasteiger partial charge in [0.2, 0.25) is 0 Å². The molecule has 0 N–H and O–H groups in total. The van der Waals surface area contributed by atoms with E-state index in [2.05, 4.69) is 5.16 Å². The number of carbonyl (C=O) groups excluding carboxylic acids is 1. The van der Waals surface area contributed by atoms with Gasteiger partial charge in [-0.3, -0.25) is 4.79 Å². The number of hydrogen-bond acceptors (Lipinski definition) is 3. The smallest absolute Gasteiger partial charge is 0.275 e. The molecule has 0 unspecified atom stereocenters. The van der Waals surface area contributed by atoms with Crippen LogP contribution >= 0.6 is 0 Å². The van der Waals surface area contributed by atoms with Gasteiger partial charge in [0, 0.05) is 25.6 Å². The summed E-state index contributed by atoms with van der Waals surface area (Å²) in [7, 11) is 3.38. The van der Waals surface area contributed by atoms with E-state index >= 15 is 0 Å². The molecule has 0 saturated heterocycles. The van der Waals surface area contributed by atoms with Gasteiger partial charge in [-0.1, -0.05) is 25.9 Å². The fraction of sp³-hybridized carbons (Fsp3) is 0.600. The standard InChI is InChI=1S/C10H16N2O2/c1-10(2,3)8-6-7(11-14-8)9(13)12(4)5/h6H,1-5H3. The van der Waals surface area contributed by atoms with E-state index in [-0.39, 0.29) is 11.3 Å². The Morgan fingerprint density at radius 2 is 2.00 bits per heavy atom. The molecule has 0 saturated carbocycles. The van der Waals surface area contributed by atoms with Crippen molar-refractivity contribution >= 4 is 5.91 Å². The first kappa shape index (κ1) is 10.8. The molecule has 78 valence electrons. The first-order valence-electron chi connectivity index (χ1n) is 4.51. The third-order valence-corrected chi connectivity index (χ3v) is 1.87. The lowest BCUT2D eigenvalue weighted by Crippen LogP contribution is -2.21. The van der Waals surface area contributed by atoms with Crippen LogP contribution in [0, 0.1) is 0 Å². The molecule has 0 fully saturated rings. The summed E-state index contributed by atoms with van der Waals surface area (Å²) in [6, 6.07) is 1.70. The van der Waals surface area contributed by atoms with Gasteiger partial charge in [0.1, 0.15) is 5.76 Å². The summed E-state index contributed by atoms with van der Waals surface area (Å²) in [4.78, 5) is 13.0. The van der Waals surface area contributed by atoms with Crippen molar-refractivity contribution in [2.75, 3.05) is 14.1 Å². The lowest BCUT2D eigenvalue weighted by atomic mass is 9.93. The van der Waals surface area contributed by atoms with Crippen LogP contribution in [0.4, 0.5) is 0 Å². The molecule has 1 amide bonds. The Bertz CT molecular complexity index is 334. The van der Waals surface area contributed by atoms with E-state index in [0.29, 0.717) is 5.69 Å². The van der Waals surface area contributed by atoms with Gasteiger partial charge in [0.15, 0.2) is 5.69 Å². The number of hydrogen-bond donors (Lipinski definition) is 0. The second-order valence-electron chi connectivity index (χ2n) is 4.53. The maximum atomic E-state index is 11.5. The van der Waals surface area contributed by atoms with Crippen LogP contribution in [0.2, 0.25) is 0 Å². The molecule has 0 bridgehead atoms. The van der Waals surface area contributed by atoms with E-state index < -0.39 is 0 Å². The lowest BCUT2D eigenvalue weighted by molar-refractivity contribution is 0.0817. The summed E-state index contributed by atoms with van der Waals surface area (Å²) in [6.07, 6.45) is 0. The zero-order valence-electron chi connectivity index (χ0n) is 9.29. The maximum absolute atomic E-state index is 11.5. The minimum Gasteiger partial charge on any atom is -0.360 e. The molecule has 0 spiro atoms. The third-order valence-electron chi connectivity index (χ3n) is 1.87. The van der Waals surface area contributed by atoms with Crippen molar-refractivity contribution in [1.29, 1.82) is 0 Å². The van der Waals surface area contributed by atoms with Gasteiger partial charge >= 0.3 is 0 Å². The second kappa shape index (κ2) is 3.44.